The number of nitrogens with zero attached hydrogens (tertiary/aromatic N) is 2. The van der Waals surface area contributed by atoms with Crippen LogP contribution in [0.4, 0.5) is 5.69 Å². The van der Waals surface area contributed by atoms with Crippen molar-refractivity contribution in [2.45, 2.75) is 39.2 Å². The first-order valence-corrected chi connectivity index (χ1v) is 11.2. The van der Waals surface area contributed by atoms with Crippen molar-refractivity contribution in [3.05, 3.63) is 29.8 Å². The molecule has 168 valence electrons. The summed E-state index contributed by atoms with van der Waals surface area (Å²) < 4.78 is 26.7. The van der Waals surface area contributed by atoms with Crippen molar-refractivity contribution >= 4 is 46.4 Å². The third-order valence-electron chi connectivity index (χ3n) is 5.46. The number of hydrogen-bond donors (Lipinski definition) is 2. The quantitative estimate of drug-likeness (QED) is 0.607. The summed E-state index contributed by atoms with van der Waals surface area (Å²) >= 11 is 0. The zero-order chi connectivity index (χ0) is 20.1. The normalized spacial score (nSPS) is 15.2. The van der Waals surface area contributed by atoms with E-state index < -0.39 is 27.2 Å². The van der Waals surface area contributed by atoms with Gasteiger partial charge in [-0.25, -0.2) is 8.42 Å². The van der Waals surface area contributed by atoms with Gasteiger partial charge in [-0.05, 0) is 37.5 Å². The summed E-state index contributed by atoms with van der Waals surface area (Å²) in [6, 6.07) is 8.17. The van der Waals surface area contributed by atoms with Gasteiger partial charge in [0.1, 0.15) is 5.75 Å². The fourth-order valence-corrected chi connectivity index (χ4v) is 4.71. The highest BCUT2D eigenvalue weighted by molar-refractivity contribution is 7.89. The summed E-state index contributed by atoms with van der Waals surface area (Å²) in [5.74, 6) is -1.01. The van der Waals surface area contributed by atoms with E-state index in [0.717, 1.165) is 5.69 Å². The van der Waals surface area contributed by atoms with Crippen LogP contribution in [0.5, 0.6) is 0 Å². The molecule has 0 aliphatic carbocycles. The van der Waals surface area contributed by atoms with Crippen molar-refractivity contribution < 1.29 is 13.2 Å². The molecule has 1 amide bonds. The minimum absolute atomic E-state index is 0. The molecule has 0 saturated carbocycles. The van der Waals surface area contributed by atoms with Crippen molar-refractivity contribution in [1.82, 2.24) is 9.62 Å². The molecule has 0 aromatic heterocycles. The van der Waals surface area contributed by atoms with Crippen molar-refractivity contribution in [1.29, 1.82) is 0 Å². The minimum Gasteiger partial charge on any atom is -0.369 e. The second-order valence-electron chi connectivity index (χ2n) is 7.22. The number of halogens is 2. The Balaban J connectivity index is 0.00000392. The SMILES string of the molecule is CCC(CC)(CN)NC(=O)CS(=O)(=O)N1CCN(c2cccc(C)c2)CC1.Cl.Cl. The molecule has 1 saturated heterocycles. The molecule has 7 nitrogen and oxygen atoms in total. The first-order chi connectivity index (χ1) is 12.7. The fourth-order valence-electron chi connectivity index (χ4n) is 3.40. The number of amides is 1. The van der Waals surface area contributed by atoms with Crippen LogP contribution in [-0.2, 0) is 14.8 Å². The van der Waals surface area contributed by atoms with E-state index in [9.17, 15) is 13.2 Å². The van der Waals surface area contributed by atoms with E-state index in [2.05, 4.69) is 16.3 Å². The van der Waals surface area contributed by atoms with Crippen LogP contribution in [0.15, 0.2) is 24.3 Å². The molecular formula is C19H34Cl2N4O3S. The van der Waals surface area contributed by atoms with Crippen LogP contribution in [0.3, 0.4) is 0 Å². The van der Waals surface area contributed by atoms with Crippen molar-refractivity contribution in [3.63, 3.8) is 0 Å². The average molecular weight is 469 g/mol. The molecule has 2 rings (SSSR count). The van der Waals surface area contributed by atoms with Gasteiger partial charge in [-0.2, -0.15) is 4.31 Å². The Bertz CT molecular complexity index is 741. The van der Waals surface area contributed by atoms with E-state index in [1.54, 1.807) is 0 Å². The lowest BCUT2D eigenvalue weighted by Crippen LogP contribution is -2.56. The summed E-state index contributed by atoms with van der Waals surface area (Å²) in [6.45, 7) is 8.20. The Hall–Kier alpha value is -1.06. The van der Waals surface area contributed by atoms with Crippen molar-refractivity contribution in [2.24, 2.45) is 5.73 Å². The van der Waals surface area contributed by atoms with E-state index in [-0.39, 0.29) is 24.8 Å². The number of sulfonamides is 1. The Kier molecular flexibility index (Phi) is 11.5. The molecule has 0 spiro atoms. The molecule has 0 radical (unpaired) electrons. The number of benzene rings is 1. The van der Waals surface area contributed by atoms with Gasteiger partial charge in [0, 0.05) is 38.4 Å². The number of aryl methyl sites for hydroxylation is 1. The predicted octanol–water partition coefficient (Wildman–Crippen LogP) is 1.92. The van der Waals surface area contributed by atoms with Crippen LogP contribution in [-0.4, -0.2) is 62.6 Å². The van der Waals surface area contributed by atoms with Gasteiger partial charge in [0.2, 0.25) is 15.9 Å². The third-order valence-corrected chi connectivity index (χ3v) is 7.24. The number of piperazine rings is 1. The second-order valence-corrected chi connectivity index (χ2v) is 9.19. The van der Waals surface area contributed by atoms with Crippen LogP contribution in [0.2, 0.25) is 0 Å². The Morgan fingerprint density at radius 3 is 2.21 bits per heavy atom. The zero-order valence-corrected chi connectivity index (χ0v) is 19.8. The predicted molar refractivity (Wildman–Crippen MR) is 124 cm³/mol. The molecule has 1 aromatic rings. The number of nitrogens with one attached hydrogen (secondary N) is 1. The standard InChI is InChI=1S/C19H32N4O3S.2ClH/c1-4-19(5-2,15-20)21-18(24)14-27(25,26)23-11-9-22(10-12-23)17-8-6-7-16(3)13-17;;/h6-8,13H,4-5,9-12,14-15,20H2,1-3H3,(H,21,24);2*1H. The molecule has 1 aromatic carbocycles. The number of carbonyl (C=O) groups excluding carboxylic acids is 1. The summed E-state index contributed by atoms with van der Waals surface area (Å²) in [7, 11) is -3.64. The van der Waals surface area contributed by atoms with Gasteiger partial charge in [0.05, 0.1) is 5.54 Å². The van der Waals surface area contributed by atoms with Crippen molar-refractivity contribution in [3.8, 4) is 0 Å². The van der Waals surface area contributed by atoms with E-state index >= 15 is 0 Å². The number of carbonyl (C=O) groups is 1. The summed E-state index contributed by atoms with van der Waals surface area (Å²) in [4.78, 5) is 14.5. The number of hydrogen-bond acceptors (Lipinski definition) is 5. The molecule has 0 unspecified atom stereocenters. The molecule has 1 aliphatic heterocycles. The molecule has 0 atom stereocenters. The number of rotatable bonds is 8. The van der Waals surface area contributed by atoms with E-state index in [1.807, 2.05) is 39.0 Å². The molecule has 1 aliphatic rings. The maximum Gasteiger partial charge on any atom is 0.237 e. The second kappa shape index (κ2) is 12.0. The highest BCUT2D eigenvalue weighted by atomic mass is 35.5. The maximum absolute atomic E-state index is 12.7. The molecular weight excluding hydrogens is 435 g/mol. The monoisotopic (exact) mass is 468 g/mol. The highest BCUT2D eigenvalue weighted by Gasteiger charge is 2.32. The fraction of sp³-hybridized carbons (Fsp3) is 0.632. The van der Waals surface area contributed by atoms with Crippen molar-refractivity contribution in [2.75, 3.05) is 43.4 Å². The van der Waals surface area contributed by atoms with Gasteiger partial charge in [-0.15, -0.1) is 24.8 Å². The van der Waals surface area contributed by atoms with Gasteiger partial charge in [-0.3, -0.25) is 4.79 Å². The largest absolute Gasteiger partial charge is 0.369 e. The average Bonchev–Trinajstić information content (AvgIpc) is 2.66. The first kappa shape index (κ1) is 27.9. The highest BCUT2D eigenvalue weighted by Crippen LogP contribution is 2.19. The number of anilines is 1. The Labute approximate surface area is 187 Å². The lowest BCUT2D eigenvalue weighted by atomic mass is 9.93. The van der Waals surface area contributed by atoms with Gasteiger partial charge in [0.15, 0.2) is 0 Å². The topological polar surface area (TPSA) is 95.7 Å². The zero-order valence-electron chi connectivity index (χ0n) is 17.4. The van der Waals surface area contributed by atoms with Gasteiger partial charge < -0.3 is 16.0 Å². The van der Waals surface area contributed by atoms with Crippen LogP contribution >= 0.6 is 24.8 Å². The number of nitrogens with two attached hydrogens (primary N) is 1. The lowest BCUT2D eigenvalue weighted by Gasteiger charge is -2.36. The maximum atomic E-state index is 12.7. The summed E-state index contributed by atoms with van der Waals surface area (Å²) in [5.41, 5.74) is 7.53. The molecule has 29 heavy (non-hydrogen) atoms. The van der Waals surface area contributed by atoms with Gasteiger partial charge in [-0.1, -0.05) is 26.0 Å². The third kappa shape index (κ3) is 7.29. The summed E-state index contributed by atoms with van der Waals surface area (Å²) in [6.07, 6.45) is 1.34. The smallest absolute Gasteiger partial charge is 0.237 e. The molecule has 0 bridgehead atoms. The molecule has 1 heterocycles. The van der Waals surface area contributed by atoms with Crippen LogP contribution < -0.4 is 16.0 Å². The van der Waals surface area contributed by atoms with Gasteiger partial charge >= 0.3 is 0 Å². The van der Waals surface area contributed by atoms with Crippen LogP contribution in [0, 0.1) is 6.92 Å². The van der Waals surface area contributed by atoms with E-state index in [0.29, 0.717) is 45.6 Å². The Morgan fingerprint density at radius 2 is 1.72 bits per heavy atom. The lowest BCUT2D eigenvalue weighted by molar-refractivity contribution is -0.120. The Morgan fingerprint density at radius 1 is 1.14 bits per heavy atom. The van der Waals surface area contributed by atoms with Gasteiger partial charge in [0.25, 0.3) is 0 Å². The first-order valence-electron chi connectivity index (χ1n) is 9.56. The van der Waals surface area contributed by atoms with Crippen LogP contribution in [0.25, 0.3) is 0 Å². The molecule has 1 fully saturated rings. The van der Waals surface area contributed by atoms with E-state index in [4.69, 9.17) is 5.73 Å². The molecule has 10 heteroatoms. The van der Waals surface area contributed by atoms with E-state index in [1.165, 1.54) is 9.87 Å². The molecule has 3 N–H and O–H groups in total. The van der Waals surface area contributed by atoms with Crippen LogP contribution in [0.1, 0.15) is 32.3 Å². The summed E-state index contributed by atoms with van der Waals surface area (Å²) in [5, 5.41) is 2.84. The minimum atomic E-state index is -3.64.